The van der Waals surface area contributed by atoms with Gasteiger partial charge < -0.3 is 9.47 Å². The molecule has 0 saturated carbocycles. The fourth-order valence-electron chi connectivity index (χ4n) is 1.68. The van der Waals surface area contributed by atoms with E-state index in [1.807, 2.05) is 0 Å². The van der Waals surface area contributed by atoms with Gasteiger partial charge in [0.25, 0.3) is 0 Å². The fraction of sp³-hybridized carbons (Fsp3) is 0.500. The summed E-state index contributed by atoms with van der Waals surface area (Å²) in [7, 11) is 3.22. The third-order valence-corrected chi connectivity index (χ3v) is 2.94. The zero-order valence-electron chi connectivity index (χ0n) is 11.8. The summed E-state index contributed by atoms with van der Waals surface area (Å²) in [5, 5.41) is 0. The summed E-state index contributed by atoms with van der Waals surface area (Å²) in [5.41, 5.74) is 0.775. The fourth-order valence-corrected chi connectivity index (χ4v) is 1.68. The summed E-state index contributed by atoms with van der Waals surface area (Å²) < 4.78 is 23.4. The smallest absolute Gasteiger partial charge is 0.323 e. The molecule has 1 atom stereocenters. The van der Waals surface area contributed by atoms with Crippen molar-refractivity contribution in [3.63, 3.8) is 0 Å². The summed E-state index contributed by atoms with van der Waals surface area (Å²) in [6, 6.07) is 4.39. The largest absolute Gasteiger partial charge is 0.494 e. The molecule has 0 radical (unpaired) electrons. The highest BCUT2D eigenvalue weighted by Crippen LogP contribution is 2.19. The molecular weight excluding hydrogens is 249 g/mol. The van der Waals surface area contributed by atoms with E-state index in [2.05, 4.69) is 0 Å². The summed E-state index contributed by atoms with van der Waals surface area (Å²) in [6.07, 6.45) is 0. The van der Waals surface area contributed by atoms with Gasteiger partial charge in [0, 0.05) is 6.54 Å². The van der Waals surface area contributed by atoms with Gasteiger partial charge in [-0.2, -0.15) is 0 Å². The van der Waals surface area contributed by atoms with Crippen molar-refractivity contribution in [3.8, 4) is 5.75 Å². The molecule has 0 aliphatic rings. The average molecular weight is 269 g/mol. The predicted octanol–water partition coefficient (Wildman–Crippen LogP) is 2.22. The molecule has 0 spiro atoms. The Hall–Kier alpha value is -1.62. The first-order chi connectivity index (χ1) is 8.99. The van der Waals surface area contributed by atoms with E-state index in [0.29, 0.717) is 13.2 Å². The summed E-state index contributed by atoms with van der Waals surface area (Å²) in [4.78, 5) is 13.4. The topological polar surface area (TPSA) is 38.8 Å². The van der Waals surface area contributed by atoms with Gasteiger partial charge in [0.05, 0.1) is 13.7 Å². The lowest BCUT2D eigenvalue weighted by molar-refractivity contribution is -0.148. The summed E-state index contributed by atoms with van der Waals surface area (Å²) in [5.74, 6) is -0.471. The summed E-state index contributed by atoms with van der Waals surface area (Å²) in [6.45, 7) is 4.34. The second-order valence-electron chi connectivity index (χ2n) is 4.31. The molecule has 1 aromatic carbocycles. The predicted molar refractivity (Wildman–Crippen MR) is 70.5 cm³/mol. The number of halogens is 1. The average Bonchev–Trinajstić information content (AvgIpc) is 2.38. The molecular formula is C14H20FNO3. The van der Waals surface area contributed by atoms with Crippen molar-refractivity contribution < 1.29 is 18.7 Å². The Morgan fingerprint density at radius 2 is 2.16 bits per heavy atom. The number of hydrogen-bond donors (Lipinski definition) is 0. The van der Waals surface area contributed by atoms with Crippen molar-refractivity contribution in [2.24, 2.45) is 0 Å². The van der Waals surface area contributed by atoms with E-state index in [0.717, 1.165) is 5.56 Å². The minimum absolute atomic E-state index is 0.213. The van der Waals surface area contributed by atoms with Gasteiger partial charge >= 0.3 is 5.97 Å². The first-order valence-corrected chi connectivity index (χ1v) is 6.18. The third kappa shape index (κ3) is 4.21. The van der Waals surface area contributed by atoms with E-state index in [4.69, 9.17) is 9.47 Å². The van der Waals surface area contributed by atoms with Gasteiger partial charge in [-0.3, -0.25) is 9.69 Å². The number of hydrogen-bond acceptors (Lipinski definition) is 4. The van der Waals surface area contributed by atoms with Crippen LogP contribution in [0.15, 0.2) is 18.2 Å². The first-order valence-electron chi connectivity index (χ1n) is 6.18. The number of methoxy groups -OCH3 is 1. The molecule has 0 aliphatic carbocycles. The Labute approximate surface area is 113 Å². The molecule has 4 nitrogen and oxygen atoms in total. The van der Waals surface area contributed by atoms with Crippen molar-refractivity contribution in [2.75, 3.05) is 20.8 Å². The number of likely N-dealkylation sites (N-methyl/N-ethyl adjacent to an activating group) is 1. The number of ether oxygens (including phenoxy) is 2. The normalized spacial score (nSPS) is 12.3. The maximum Gasteiger partial charge on any atom is 0.323 e. The summed E-state index contributed by atoms with van der Waals surface area (Å²) >= 11 is 0. The molecule has 0 heterocycles. The molecule has 5 heteroatoms. The van der Waals surface area contributed by atoms with Crippen LogP contribution in [0.1, 0.15) is 19.4 Å². The van der Waals surface area contributed by atoms with Crippen LogP contribution in [-0.4, -0.2) is 37.7 Å². The lowest BCUT2D eigenvalue weighted by Crippen LogP contribution is -2.36. The molecule has 1 rings (SSSR count). The Balaban J connectivity index is 2.68. The molecule has 0 saturated heterocycles. The minimum Gasteiger partial charge on any atom is -0.494 e. The van der Waals surface area contributed by atoms with E-state index >= 15 is 0 Å². The Bertz CT molecular complexity index is 437. The number of carbonyl (C=O) groups is 1. The van der Waals surface area contributed by atoms with E-state index in [1.165, 1.54) is 13.2 Å². The van der Waals surface area contributed by atoms with Crippen molar-refractivity contribution in [2.45, 2.75) is 26.4 Å². The van der Waals surface area contributed by atoms with Crippen LogP contribution < -0.4 is 4.74 Å². The van der Waals surface area contributed by atoms with Crippen molar-refractivity contribution in [3.05, 3.63) is 29.6 Å². The highest BCUT2D eigenvalue weighted by molar-refractivity contribution is 5.75. The molecule has 0 N–H and O–H groups in total. The number of esters is 1. The van der Waals surface area contributed by atoms with Gasteiger partial charge in [0.2, 0.25) is 0 Å². The molecule has 1 unspecified atom stereocenters. The van der Waals surface area contributed by atoms with Crippen LogP contribution in [0, 0.1) is 5.82 Å². The maximum atomic E-state index is 13.5. The lowest BCUT2D eigenvalue weighted by Gasteiger charge is -2.23. The molecule has 0 amide bonds. The molecule has 0 bridgehead atoms. The Kier molecular flexibility index (Phi) is 5.76. The number of carbonyl (C=O) groups excluding carboxylic acids is 1. The van der Waals surface area contributed by atoms with Crippen LogP contribution in [0.5, 0.6) is 5.75 Å². The Morgan fingerprint density at radius 3 is 2.68 bits per heavy atom. The van der Waals surface area contributed by atoms with Crippen molar-refractivity contribution in [1.82, 2.24) is 4.90 Å². The lowest BCUT2D eigenvalue weighted by atomic mass is 10.1. The number of benzene rings is 1. The van der Waals surface area contributed by atoms with Gasteiger partial charge in [-0.25, -0.2) is 4.39 Å². The van der Waals surface area contributed by atoms with Crippen LogP contribution in [0.4, 0.5) is 4.39 Å². The van der Waals surface area contributed by atoms with Gasteiger partial charge in [-0.15, -0.1) is 0 Å². The maximum absolute atomic E-state index is 13.5. The van der Waals surface area contributed by atoms with Gasteiger partial charge in [0.1, 0.15) is 6.04 Å². The minimum atomic E-state index is -0.405. The SMILES string of the molecule is CCOC(=O)C(C)N(C)Cc1ccc(OC)c(F)c1. The zero-order chi connectivity index (χ0) is 14.4. The van der Waals surface area contributed by atoms with E-state index < -0.39 is 5.82 Å². The second kappa shape index (κ2) is 7.09. The monoisotopic (exact) mass is 269 g/mol. The van der Waals surface area contributed by atoms with E-state index in [1.54, 1.807) is 37.9 Å². The molecule has 0 aliphatic heterocycles. The van der Waals surface area contributed by atoms with Crippen LogP contribution >= 0.6 is 0 Å². The second-order valence-corrected chi connectivity index (χ2v) is 4.31. The Morgan fingerprint density at radius 1 is 1.47 bits per heavy atom. The molecule has 1 aromatic rings. The van der Waals surface area contributed by atoms with Crippen LogP contribution in [0.3, 0.4) is 0 Å². The van der Waals surface area contributed by atoms with Crippen LogP contribution in [0.2, 0.25) is 0 Å². The number of nitrogens with zero attached hydrogens (tertiary/aromatic N) is 1. The quantitative estimate of drug-likeness (QED) is 0.742. The molecule has 0 fully saturated rings. The van der Waals surface area contributed by atoms with Crippen LogP contribution in [-0.2, 0) is 16.1 Å². The zero-order valence-corrected chi connectivity index (χ0v) is 11.8. The van der Waals surface area contributed by atoms with E-state index in [9.17, 15) is 9.18 Å². The molecule has 106 valence electrons. The third-order valence-electron chi connectivity index (χ3n) is 2.94. The van der Waals surface area contributed by atoms with Gasteiger partial charge in [0.15, 0.2) is 11.6 Å². The highest BCUT2D eigenvalue weighted by atomic mass is 19.1. The first kappa shape index (κ1) is 15.4. The van der Waals surface area contributed by atoms with E-state index in [-0.39, 0.29) is 17.8 Å². The van der Waals surface area contributed by atoms with Gasteiger partial charge in [-0.1, -0.05) is 6.07 Å². The van der Waals surface area contributed by atoms with Crippen molar-refractivity contribution in [1.29, 1.82) is 0 Å². The van der Waals surface area contributed by atoms with Crippen molar-refractivity contribution >= 4 is 5.97 Å². The molecule has 19 heavy (non-hydrogen) atoms. The molecule has 0 aromatic heterocycles. The van der Waals surface area contributed by atoms with Gasteiger partial charge in [-0.05, 0) is 38.6 Å². The van der Waals surface area contributed by atoms with Crippen LogP contribution in [0.25, 0.3) is 0 Å². The standard InChI is InChI=1S/C14H20FNO3/c1-5-19-14(17)10(2)16(3)9-11-6-7-13(18-4)12(15)8-11/h6-8,10H,5,9H2,1-4H3. The number of rotatable bonds is 6. The highest BCUT2D eigenvalue weighted by Gasteiger charge is 2.19.